The van der Waals surface area contributed by atoms with Crippen LogP contribution < -0.4 is 5.32 Å². The zero-order chi connectivity index (χ0) is 11.8. The molecule has 0 saturated heterocycles. The molecule has 5 heteroatoms. The molecule has 0 saturated carbocycles. The molecule has 15 heavy (non-hydrogen) atoms. The van der Waals surface area contributed by atoms with Crippen molar-refractivity contribution >= 4 is 6.03 Å². The lowest BCUT2D eigenvalue weighted by Crippen LogP contribution is -2.46. The lowest BCUT2D eigenvalue weighted by atomic mass is 10.2. The van der Waals surface area contributed by atoms with E-state index in [1.165, 1.54) is 4.90 Å². The Morgan fingerprint density at radius 3 is 2.60 bits per heavy atom. The summed E-state index contributed by atoms with van der Waals surface area (Å²) < 4.78 is 4.97. The van der Waals surface area contributed by atoms with Gasteiger partial charge in [-0.25, -0.2) is 4.79 Å². The molecule has 0 aliphatic carbocycles. The number of hydrogen-bond donors (Lipinski definition) is 2. The largest absolute Gasteiger partial charge is 0.392 e. The number of likely N-dealkylation sites (N-methyl/N-ethyl adjacent to an activating group) is 1. The molecular weight excluding hydrogens is 196 g/mol. The SMILES string of the molecule is CCC(COC)NC(=O)N(C)CC(C)O. The van der Waals surface area contributed by atoms with Gasteiger partial charge in [-0.1, -0.05) is 6.92 Å². The zero-order valence-electron chi connectivity index (χ0n) is 9.99. The first-order chi connectivity index (χ1) is 7.01. The maximum atomic E-state index is 11.6. The molecule has 0 aromatic carbocycles. The van der Waals surface area contributed by atoms with Crippen LogP contribution in [0.25, 0.3) is 0 Å². The fourth-order valence-electron chi connectivity index (χ4n) is 1.23. The smallest absolute Gasteiger partial charge is 0.317 e. The molecule has 0 heterocycles. The molecule has 0 spiro atoms. The fourth-order valence-corrected chi connectivity index (χ4v) is 1.23. The second kappa shape index (κ2) is 7.48. The number of ether oxygens (including phenoxy) is 1. The van der Waals surface area contributed by atoms with Crippen molar-refractivity contribution in [3.05, 3.63) is 0 Å². The topological polar surface area (TPSA) is 61.8 Å². The van der Waals surface area contributed by atoms with E-state index < -0.39 is 6.10 Å². The third-order valence-corrected chi connectivity index (χ3v) is 2.07. The second-order valence-electron chi connectivity index (χ2n) is 3.74. The Morgan fingerprint density at radius 1 is 1.60 bits per heavy atom. The molecule has 0 fully saturated rings. The Bertz CT molecular complexity index is 186. The van der Waals surface area contributed by atoms with Crippen LogP contribution in [0.1, 0.15) is 20.3 Å². The molecule has 0 aromatic rings. The van der Waals surface area contributed by atoms with Crippen LogP contribution in [0.3, 0.4) is 0 Å². The Labute approximate surface area is 91.4 Å². The molecule has 2 unspecified atom stereocenters. The van der Waals surface area contributed by atoms with Crippen LogP contribution in [0.15, 0.2) is 0 Å². The summed E-state index contributed by atoms with van der Waals surface area (Å²) in [5.74, 6) is 0. The Morgan fingerprint density at radius 2 is 2.20 bits per heavy atom. The lowest BCUT2D eigenvalue weighted by molar-refractivity contribution is 0.133. The average molecular weight is 218 g/mol. The predicted octanol–water partition coefficient (Wildman–Crippen LogP) is 0.434. The molecule has 90 valence electrons. The quantitative estimate of drug-likeness (QED) is 0.680. The Hall–Kier alpha value is -0.810. The van der Waals surface area contributed by atoms with Crippen molar-refractivity contribution in [3.63, 3.8) is 0 Å². The van der Waals surface area contributed by atoms with Crippen LogP contribution in [-0.2, 0) is 4.74 Å². The number of amides is 2. The van der Waals surface area contributed by atoms with Gasteiger partial charge in [0.15, 0.2) is 0 Å². The summed E-state index contributed by atoms with van der Waals surface area (Å²) in [6, 6.07) is -0.154. The second-order valence-corrected chi connectivity index (χ2v) is 3.74. The van der Waals surface area contributed by atoms with Crippen LogP contribution in [0.2, 0.25) is 0 Å². The van der Waals surface area contributed by atoms with Crippen LogP contribution in [0.5, 0.6) is 0 Å². The van der Waals surface area contributed by atoms with Gasteiger partial charge < -0.3 is 20.1 Å². The molecule has 0 aliphatic rings. The number of urea groups is 1. The highest BCUT2D eigenvalue weighted by atomic mass is 16.5. The van der Waals surface area contributed by atoms with E-state index in [1.807, 2.05) is 6.92 Å². The molecule has 5 nitrogen and oxygen atoms in total. The minimum Gasteiger partial charge on any atom is -0.392 e. The molecule has 2 atom stereocenters. The van der Waals surface area contributed by atoms with Gasteiger partial charge in [0.25, 0.3) is 0 Å². The number of aliphatic hydroxyl groups is 1. The first-order valence-corrected chi connectivity index (χ1v) is 5.19. The average Bonchev–Trinajstić information content (AvgIpc) is 2.15. The Kier molecular flexibility index (Phi) is 7.07. The van der Waals surface area contributed by atoms with Crippen LogP contribution in [0.4, 0.5) is 4.79 Å². The first kappa shape index (κ1) is 14.2. The van der Waals surface area contributed by atoms with Gasteiger partial charge in [0.1, 0.15) is 0 Å². The number of carbonyl (C=O) groups excluding carboxylic acids is 1. The fraction of sp³-hybridized carbons (Fsp3) is 0.900. The van der Waals surface area contributed by atoms with E-state index in [0.29, 0.717) is 13.2 Å². The summed E-state index contributed by atoms with van der Waals surface area (Å²) >= 11 is 0. The van der Waals surface area contributed by atoms with E-state index >= 15 is 0 Å². The van der Waals surface area contributed by atoms with Crippen molar-refractivity contribution in [2.45, 2.75) is 32.4 Å². The number of nitrogens with one attached hydrogen (secondary N) is 1. The molecule has 0 aromatic heterocycles. The predicted molar refractivity (Wildman–Crippen MR) is 58.8 cm³/mol. The van der Waals surface area contributed by atoms with Crippen molar-refractivity contribution in [1.82, 2.24) is 10.2 Å². The third kappa shape index (κ3) is 6.30. The van der Waals surface area contributed by atoms with Gasteiger partial charge in [0, 0.05) is 20.7 Å². The van der Waals surface area contributed by atoms with Gasteiger partial charge >= 0.3 is 6.03 Å². The zero-order valence-corrected chi connectivity index (χ0v) is 9.99. The van der Waals surface area contributed by atoms with E-state index in [0.717, 1.165) is 6.42 Å². The summed E-state index contributed by atoms with van der Waals surface area (Å²) in [7, 11) is 3.26. The summed E-state index contributed by atoms with van der Waals surface area (Å²) in [6.07, 6.45) is 0.311. The number of rotatable bonds is 6. The minimum atomic E-state index is -0.511. The maximum Gasteiger partial charge on any atom is 0.317 e. The molecule has 0 bridgehead atoms. The van der Waals surface area contributed by atoms with Crippen molar-refractivity contribution < 1.29 is 14.6 Å². The number of carbonyl (C=O) groups is 1. The van der Waals surface area contributed by atoms with Crippen molar-refractivity contribution in [3.8, 4) is 0 Å². The number of hydrogen-bond acceptors (Lipinski definition) is 3. The van der Waals surface area contributed by atoms with Gasteiger partial charge in [-0.05, 0) is 13.3 Å². The van der Waals surface area contributed by atoms with Gasteiger partial charge in [0.2, 0.25) is 0 Å². The molecule has 2 N–H and O–H groups in total. The maximum absolute atomic E-state index is 11.6. The van der Waals surface area contributed by atoms with Crippen molar-refractivity contribution in [1.29, 1.82) is 0 Å². The molecule has 2 amide bonds. The Balaban J connectivity index is 3.98. The van der Waals surface area contributed by atoms with Crippen LogP contribution in [0, 0.1) is 0 Å². The standard InChI is InChI=1S/C10H22N2O3/c1-5-9(7-15-4)11-10(14)12(3)6-8(2)13/h8-9,13H,5-7H2,1-4H3,(H,11,14). The number of aliphatic hydroxyl groups excluding tert-OH is 1. The highest BCUT2D eigenvalue weighted by molar-refractivity contribution is 5.74. The molecule has 0 radical (unpaired) electrons. The first-order valence-electron chi connectivity index (χ1n) is 5.19. The normalized spacial score (nSPS) is 14.5. The van der Waals surface area contributed by atoms with Gasteiger partial charge in [-0.15, -0.1) is 0 Å². The molecule has 0 rings (SSSR count). The molecular formula is C10H22N2O3. The van der Waals surface area contributed by atoms with Crippen LogP contribution >= 0.6 is 0 Å². The summed E-state index contributed by atoms with van der Waals surface area (Å²) in [6.45, 7) is 4.47. The van der Waals surface area contributed by atoms with Crippen molar-refractivity contribution in [2.24, 2.45) is 0 Å². The highest BCUT2D eigenvalue weighted by Gasteiger charge is 2.14. The van der Waals surface area contributed by atoms with Gasteiger partial charge in [-0.3, -0.25) is 0 Å². The summed E-state index contributed by atoms with van der Waals surface area (Å²) in [4.78, 5) is 13.0. The van der Waals surface area contributed by atoms with Crippen molar-refractivity contribution in [2.75, 3.05) is 27.3 Å². The summed E-state index contributed by atoms with van der Waals surface area (Å²) in [5, 5.41) is 11.9. The molecule has 0 aliphatic heterocycles. The van der Waals surface area contributed by atoms with E-state index in [-0.39, 0.29) is 12.1 Å². The summed E-state index contributed by atoms with van der Waals surface area (Å²) in [5.41, 5.74) is 0. The van der Waals surface area contributed by atoms with Crippen LogP contribution in [-0.4, -0.2) is 55.5 Å². The highest BCUT2D eigenvalue weighted by Crippen LogP contribution is 1.95. The van der Waals surface area contributed by atoms with E-state index in [9.17, 15) is 4.79 Å². The number of nitrogens with zero attached hydrogens (tertiary/aromatic N) is 1. The third-order valence-electron chi connectivity index (χ3n) is 2.07. The van der Waals surface area contributed by atoms with Gasteiger partial charge in [-0.2, -0.15) is 0 Å². The van der Waals surface area contributed by atoms with E-state index in [4.69, 9.17) is 9.84 Å². The minimum absolute atomic E-state index is 0.0268. The van der Waals surface area contributed by atoms with E-state index in [2.05, 4.69) is 5.32 Å². The van der Waals surface area contributed by atoms with E-state index in [1.54, 1.807) is 21.1 Å². The monoisotopic (exact) mass is 218 g/mol. The van der Waals surface area contributed by atoms with Gasteiger partial charge in [0.05, 0.1) is 18.8 Å². The lowest BCUT2D eigenvalue weighted by Gasteiger charge is -2.23. The number of methoxy groups -OCH3 is 1.